The molecule has 1 atom stereocenters. The lowest BCUT2D eigenvalue weighted by Crippen LogP contribution is -2.46. The molecule has 2 aromatic rings. The first-order valence-corrected chi connectivity index (χ1v) is 10.8. The van der Waals surface area contributed by atoms with Crippen molar-refractivity contribution in [3.63, 3.8) is 0 Å². The fraction of sp³-hybridized carbons (Fsp3) is 0.480. The maximum atomic E-state index is 12.0. The quantitative estimate of drug-likeness (QED) is 0.582. The lowest BCUT2D eigenvalue weighted by atomic mass is 9.76. The molecule has 2 aromatic carbocycles. The summed E-state index contributed by atoms with van der Waals surface area (Å²) in [5, 5.41) is 0. The van der Waals surface area contributed by atoms with Crippen molar-refractivity contribution in [3.05, 3.63) is 60.2 Å². The van der Waals surface area contributed by atoms with E-state index in [0.29, 0.717) is 6.42 Å². The normalized spacial score (nSPS) is 16.7. The third-order valence-corrected chi connectivity index (χ3v) is 6.25. The molecule has 30 heavy (non-hydrogen) atoms. The Balaban J connectivity index is 1.50. The lowest BCUT2D eigenvalue weighted by molar-refractivity contribution is -0.142. The van der Waals surface area contributed by atoms with Gasteiger partial charge in [0.05, 0.1) is 20.6 Å². The van der Waals surface area contributed by atoms with Gasteiger partial charge in [-0.1, -0.05) is 37.3 Å². The first kappa shape index (κ1) is 22.2. The van der Waals surface area contributed by atoms with Crippen molar-refractivity contribution in [2.75, 3.05) is 51.8 Å². The van der Waals surface area contributed by atoms with Crippen molar-refractivity contribution in [1.29, 1.82) is 0 Å². The zero-order valence-electron chi connectivity index (χ0n) is 18.5. The molecule has 1 fully saturated rings. The third kappa shape index (κ3) is 5.76. The molecule has 0 saturated carbocycles. The largest absolute Gasteiger partial charge is 0.497 e. The molecule has 0 spiro atoms. The molecule has 5 nitrogen and oxygen atoms in total. The fourth-order valence-electron chi connectivity index (χ4n) is 4.28. The number of ether oxygens (including phenoxy) is 2. The van der Waals surface area contributed by atoms with Crippen LogP contribution in [-0.4, -0.2) is 57.8 Å². The molecule has 0 bridgehead atoms. The standard InChI is InChI=1S/C25H34N2O3/c1-25(20-24(28)30-3,21-8-5-4-6-9-21)14-7-15-26-16-18-27(19-17-26)22-10-12-23(29-2)13-11-22/h4-6,8-13H,7,14-20H2,1-3H3. The van der Waals surface area contributed by atoms with E-state index in [9.17, 15) is 4.79 Å². The van der Waals surface area contributed by atoms with E-state index < -0.39 is 0 Å². The van der Waals surface area contributed by atoms with Crippen LogP contribution in [0.3, 0.4) is 0 Å². The first-order chi connectivity index (χ1) is 14.5. The van der Waals surface area contributed by atoms with Gasteiger partial charge in [-0.25, -0.2) is 0 Å². The number of hydrogen-bond donors (Lipinski definition) is 0. The zero-order valence-corrected chi connectivity index (χ0v) is 18.5. The summed E-state index contributed by atoms with van der Waals surface area (Å²) in [6.07, 6.45) is 2.44. The molecule has 1 heterocycles. The summed E-state index contributed by atoms with van der Waals surface area (Å²) in [6, 6.07) is 18.7. The van der Waals surface area contributed by atoms with Gasteiger partial charge < -0.3 is 14.4 Å². The molecule has 1 saturated heterocycles. The average molecular weight is 411 g/mol. The van der Waals surface area contributed by atoms with Gasteiger partial charge in [0.1, 0.15) is 5.75 Å². The second-order valence-corrected chi connectivity index (χ2v) is 8.31. The summed E-state index contributed by atoms with van der Waals surface area (Å²) in [6.45, 7) is 7.42. The van der Waals surface area contributed by atoms with Crippen LogP contribution in [0.5, 0.6) is 5.75 Å². The lowest BCUT2D eigenvalue weighted by Gasteiger charge is -2.37. The Morgan fingerprint density at radius 3 is 2.23 bits per heavy atom. The Bertz CT molecular complexity index is 786. The van der Waals surface area contributed by atoms with Crippen LogP contribution in [0.2, 0.25) is 0 Å². The monoisotopic (exact) mass is 410 g/mol. The number of nitrogens with zero attached hydrogens (tertiary/aromatic N) is 2. The number of methoxy groups -OCH3 is 2. The van der Waals surface area contributed by atoms with Crippen LogP contribution in [0.4, 0.5) is 5.69 Å². The van der Waals surface area contributed by atoms with Crippen molar-refractivity contribution in [2.24, 2.45) is 0 Å². The SMILES string of the molecule is COC(=O)CC(C)(CCCN1CCN(c2ccc(OC)cc2)CC1)c1ccccc1. The second kappa shape index (κ2) is 10.5. The van der Waals surface area contributed by atoms with Crippen LogP contribution < -0.4 is 9.64 Å². The van der Waals surface area contributed by atoms with Crippen LogP contribution in [0, 0.1) is 0 Å². The maximum Gasteiger partial charge on any atom is 0.306 e. The van der Waals surface area contributed by atoms with Gasteiger partial charge in [-0.2, -0.15) is 0 Å². The molecule has 1 aliphatic heterocycles. The Hall–Kier alpha value is -2.53. The molecule has 3 rings (SSSR count). The van der Waals surface area contributed by atoms with Crippen molar-refractivity contribution in [1.82, 2.24) is 4.90 Å². The Labute approximate surface area is 180 Å². The highest BCUT2D eigenvalue weighted by Gasteiger charge is 2.30. The summed E-state index contributed by atoms with van der Waals surface area (Å²) in [5.41, 5.74) is 2.27. The van der Waals surface area contributed by atoms with Crippen LogP contribution in [0.25, 0.3) is 0 Å². The number of benzene rings is 2. The van der Waals surface area contributed by atoms with E-state index in [4.69, 9.17) is 9.47 Å². The number of rotatable bonds is 9. The van der Waals surface area contributed by atoms with E-state index in [0.717, 1.165) is 51.3 Å². The van der Waals surface area contributed by atoms with Gasteiger partial charge in [0.2, 0.25) is 0 Å². The summed E-state index contributed by atoms with van der Waals surface area (Å²) in [4.78, 5) is 17.0. The van der Waals surface area contributed by atoms with Gasteiger partial charge in [0.15, 0.2) is 0 Å². The fourth-order valence-corrected chi connectivity index (χ4v) is 4.28. The molecule has 0 radical (unpaired) electrons. The predicted molar refractivity (Wildman–Crippen MR) is 121 cm³/mol. The van der Waals surface area contributed by atoms with Crippen LogP contribution >= 0.6 is 0 Å². The molecule has 0 aliphatic carbocycles. The molecule has 0 N–H and O–H groups in total. The molecule has 1 unspecified atom stereocenters. The van der Waals surface area contributed by atoms with Crippen molar-refractivity contribution >= 4 is 11.7 Å². The van der Waals surface area contributed by atoms with Crippen LogP contribution in [-0.2, 0) is 14.9 Å². The Morgan fingerprint density at radius 2 is 1.63 bits per heavy atom. The maximum absolute atomic E-state index is 12.0. The minimum Gasteiger partial charge on any atom is -0.497 e. The smallest absolute Gasteiger partial charge is 0.306 e. The number of carbonyl (C=O) groups excluding carboxylic acids is 1. The van der Waals surface area contributed by atoms with Gasteiger partial charge >= 0.3 is 5.97 Å². The minimum atomic E-state index is -0.195. The third-order valence-electron chi connectivity index (χ3n) is 6.25. The number of esters is 1. The van der Waals surface area contributed by atoms with Crippen LogP contribution in [0.15, 0.2) is 54.6 Å². The van der Waals surface area contributed by atoms with Gasteiger partial charge in [-0.3, -0.25) is 9.69 Å². The highest BCUT2D eigenvalue weighted by atomic mass is 16.5. The Kier molecular flexibility index (Phi) is 7.75. The number of anilines is 1. The molecule has 0 aromatic heterocycles. The van der Waals surface area contributed by atoms with Crippen LogP contribution in [0.1, 0.15) is 31.7 Å². The van der Waals surface area contributed by atoms with Gasteiger partial charge in [0, 0.05) is 37.3 Å². The molecule has 0 amide bonds. The predicted octanol–water partition coefficient (Wildman–Crippen LogP) is 4.12. The molecule has 1 aliphatic rings. The average Bonchev–Trinajstić information content (AvgIpc) is 2.80. The molecular weight excluding hydrogens is 376 g/mol. The summed E-state index contributed by atoms with van der Waals surface area (Å²) < 4.78 is 10.2. The molecule has 162 valence electrons. The van der Waals surface area contributed by atoms with Crippen molar-refractivity contribution < 1.29 is 14.3 Å². The van der Waals surface area contributed by atoms with Gasteiger partial charge in [-0.15, -0.1) is 0 Å². The van der Waals surface area contributed by atoms with E-state index in [1.165, 1.54) is 18.4 Å². The number of hydrogen-bond acceptors (Lipinski definition) is 5. The summed E-state index contributed by atoms with van der Waals surface area (Å²) in [5.74, 6) is 0.750. The van der Waals surface area contributed by atoms with Crippen molar-refractivity contribution in [3.8, 4) is 5.75 Å². The minimum absolute atomic E-state index is 0.144. The van der Waals surface area contributed by atoms with E-state index in [1.807, 2.05) is 30.3 Å². The highest BCUT2D eigenvalue weighted by molar-refractivity contribution is 5.71. The number of carbonyl (C=O) groups is 1. The van der Waals surface area contributed by atoms with E-state index >= 15 is 0 Å². The summed E-state index contributed by atoms with van der Waals surface area (Å²) >= 11 is 0. The highest BCUT2D eigenvalue weighted by Crippen LogP contribution is 2.33. The summed E-state index contributed by atoms with van der Waals surface area (Å²) in [7, 11) is 3.16. The van der Waals surface area contributed by atoms with Gasteiger partial charge in [-0.05, 0) is 49.2 Å². The van der Waals surface area contributed by atoms with Gasteiger partial charge in [0.25, 0.3) is 0 Å². The molecule has 5 heteroatoms. The second-order valence-electron chi connectivity index (χ2n) is 8.31. The zero-order chi connectivity index (χ0) is 21.4. The van der Waals surface area contributed by atoms with Crippen molar-refractivity contribution in [2.45, 2.75) is 31.6 Å². The Morgan fingerprint density at radius 1 is 0.967 bits per heavy atom. The van der Waals surface area contributed by atoms with E-state index in [1.54, 1.807) is 7.11 Å². The van der Waals surface area contributed by atoms with E-state index in [2.05, 4.69) is 41.0 Å². The first-order valence-electron chi connectivity index (χ1n) is 10.8. The number of piperazine rings is 1. The topological polar surface area (TPSA) is 42.0 Å². The van der Waals surface area contributed by atoms with E-state index in [-0.39, 0.29) is 11.4 Å². The molecular formula is C25H34N2O3.